The number of hydrogen-bond acceptors (Lipinski definition) is 8. The van der Waals surface area contributed by atoms with E-state index in [1.54, 1.807) is 11.3 Å². The number of piperazine rings is 1. The first kappa shape index (κ1) is 21.8. The first-order valence-electron chi connectivity index (χ1n) is 10.7. The highest BCUT2D eigenvalue weighted by Gasteiger charge is 2.38. The molecule has 3 aromatic heterocycles. The zero-order valence-electron chi connectivity index (χ0n) is 18.2. The molecule has 12 heteroatoms. The number of anilines is 2. The van der Waals surface area contributed by atoms with Crippen LogP contribution in [0.1, 0.15) is 34.6 Å². The number of thiophene rings is 1. The summed E-state index contributed by atoms with van der Waals surface area (Å²) in [5, 5.41) is 3.66. The number of fused-ring (bicyclic) bond motifs is 2. The predicted octanol–water partition coefficient (Wildman–Crippen LogP) is 2.87. The SMILES string of the molecule is CCc1cc2c(N3CCc4c(nc(C)nc4C(F)(F)F)C3)nc(N3CCNC(=O)C3)nc2s1. The Morgan fingerprint density at radius 1 is 1.12 bits per heavy atom. The van der Waals surface area contributed by atoms with Gasteiger partial charge in [0.1, 0.15) is 16.5 Å². The third-order valence-electron chi connectivity index (χ3n) is 5.83. The normalized spacial score (nSPS) is 16.8. The largest absolute Gasteiger partial charge is 0.433 e. The standard InChI is InChI=1S/C21H22F3N7OS/c1-3-12-8-14-18(28-20(29-19(14)33-12)31-7-5-25-16(32)10-31)30-6-4-13-15(9-30)26-11(2)27-17(13)21(22,23)24/h8H,3-7,9-10H2,1-2H3,(H,25,32). The van der Waals surface area contributed by atoms with Crippen LogP contribution >= 0.6 is 11.3 Å². The molecule has 2 aliphatic rings. The Hall–Kier alpha value is -3.02. The van der Waals surface area contributed by atoms with Gasteiger partial charge in [0.15, 0.2) is 5.69 Å². The predicted molar refractivity (Wildman–Crippen MR) is 119 cm³/mol. The number of rotatable bonds is 3. The summed E-state index contributed by atoms with van der Waals surface area (Å²) < 4.78 is 40.7. The van der Waals surface area contributed by atoms with Crippen LogP contribution in [0.15, 0.2) is 6.07 Å². The van der Waals surface area contributed by atoms with Crippen LogP contribution < -0.4 is 15.1 Å². The number of hydrogen-bond donors (Lipinski definition) is 1. The van der Waals surface area contributed by atoms with Gasteiger partial charge in [-0.2, -0.15) is 18.2 Å². The summed E-state index contributed by atoms with van der Waals surface area (Å²) in [4.78, 5) is 35.2. The maximum atomic E-state index is 13.6. The molecule has 1 fully saturated rings. The van der Waals surface area contributed by atoms with E-state index >= 15 is 0 Å². The summed E-state index contributed by atoms with van der Waals surface area (Å²) >= 11 is 1.57. The number of aromatic nitrogens is 4. The van der Waals surface area contributed by atoms with E-state index in [0.29, 0.717) is 37.1 Å². The Bertz CT molecular complexity index is 1240. The third-order valence-corrected chi connectivity index (χ3v) is 7.00. The first-order chi connectivity index (χ1) is 15.7. The molecular formula is C21H22F3N7OS. The van der Waals surface area contributed by atoms with Gasteiger partial charge >= 0.3 is 6.18 Å². The third kappa shape index (κ3) is 4.07. The minimum atomic E-state index is -4.52. The van der Waals surface area contributed by atoms with Gasteiger partial charge in [-0.25, -0.2) is 15.0 Å². The molecule has 3 aromatic rings. The molecule has 5 heterocycles. The number of aryl methyl sites for hydroxylation is 2. The second-order valence-electron chi connectivity index (χ2n) is 8.12. The van der Waals surface area contributed by atoms with Gasteiger partial charge in [0.2, 0.25) is 11.9 Å². The Kier molecular flexibility index (Phi) is 5.34. The minimum absolute atomic E-state index is 0.0920. The molecule has 0 aromatic carbocycles. The average molecular weight is 478 g/mol. The number of nitrogens with zero attached hydrogens (tertiary/aromatic N) is 6. The molecule has 0 saturated carbocycles. The van der Waals surface area contributed by atoms with Crippen molar-refractivity contribution in [3.63, 3.8) is 0 Å². The maximum absolute atomic E-state index is 13.6. The summed E-state index contributed by atoms with van der Waals surface area (Å²) in [6.07, 6.45) is -3.51. The maximum Gasteiger partial charge on any atom is 0.433 e. The van der Waals surface area contributed by atoms with Crippen LogP contribution in [0.3, 0.4) is 0 Å². The number of nitrogens with one attached hydrogen (secondary N) is 1. The van der Waals surface area contributed by atoms with Crippen LogP contribution in [0.5, 0.6) is 0 Å². The van der Waals surface area contributed by atoms with Gasteiger partial charge in [-0.05, 0) is 25.8 Å². The van der Waals surface area contributed by atoms with Gasteiger partial charge in [0, 0.05) is 30.1 Å². The Balaban J connectivity index is 1.58. The lowest BCUT2D eigenvalue weighted by molar-refractivity contribution is -0.142. The number of amides is 1. The number of alkyl halides is 3. The van der Waals surface area contributed by atoms with E-state index < -0.39 is 11.9 Å². The number of carbonyl (C=O) groups is 1. The molecule has 174 valence electrons. The highest BCUT2D eigenvalue weighted by Crippen LogP contribution is 2.37. The first-order valence-corrected chi connectivity index (χ1v) is 11.5. The van der Waals surface area contributed by atoms with Gasteiger partial charge in [-0.3, -0.25) is 4.79 Å². The van der Waals surface area contributed by atoms with Crippen LogP contribution in [0.25, 0.3) is 10.2 Å². The summed E-state index contributed by atoms with van der Waals surface area (Å²) in [7, 11) is 0. The van der Waals surface area contributed by atoms with Crippen LogP contribution in [0.2, 0.25) is 0 Å². The quantitative estimate of drug-likeness (QED) is 0.621. The molecular weight excluding hydrogens is 455 g/mol. The van der Waals surface area contributed by atoms with Crippen LogP contribution in [-0.2, 0) is 30.4 Å². The highest BCUT2D eigenvalue weighted by molar-refractivity contribution is 7.18. The molecule has 0 bridgehead atoms. The molecule has 8 nitrogen and oxygen atoms in total. The summed E-state index contributed by atoms with van der Waals surface area (Å²) in [5.41, 5.74) is -0.318. The van der Waals surface area contributed by atoms with Crippen LogP contribution in [0.4, 0.5) is 24.9 Å². The van der Waals surface area contributed by atoms with Crippen molar-refractivity contribution < 1.29 is 18.0 Å². The van der Waals surface area contributed by atoms with Crippen LogP contribution in [-0.4, -0.2) is 52.0 Å². The molecule has 1 N–H and O–H groups in total. The van der Waals surface area contributed by atoms with Gasteiger partial charge in [0.05, 0.1) is 24.2 Å². The number of carbonyl (C=O) groups excluding carboxylic acids is 1. The van der Waals surface area contributed by atoms with Crippen molar-refractivity contribution in [3.05, 3.63) is 33.7 Å². The smallest absolute Gasteiger partial charge is 0.353 e. The molecule has 2 aliphatic heterocycles. The second kappa shape index (κ2) is 8.08. The minimum Gasteiger partial charge on any atom is -0.353 e. The topological polar surface area (TPSA) is 87.1 Å². The number of halogens is 3. The van der Waals surface area contributed by atoms with Gasteiger partial charge < -0.3 is 15.1 Å². The van der Waals surface area contributed by atoms with Crippen molar-refractivity contribution in [2.45, 2.75) is 39.4 Å². The van der Waals surface area contributed by atoms with Crippen molar-refractivity contribution in [3.8, 4) is 0 Å². The zero-order valence-corrected chi connectivity index (χ0v) is 19.0. The second-order valence-corrected chi connectivity index (χ2v) is 9.23. The van der Waals surface area contributed by atoms with E-state index in [9.17, 15) is 18.0 Å². The lowest BCUT2D eigenvalue weighted by Gasteiger charge is -2.32. The summed E-state index contributed by atoms with van der Waals surface area (Å²) in [6, 6.07) is 2.05. The van der Waals surface area contributed by atoms with Crippen molar-refractivity contribution in [2.75, 3.05) is 36.0 Å². The molecule has 0 radical (unpaired) electrons. The van der Waals surface area contributed by atoms with E-state index in [4.69, 9.17) is 9.97 Å². The summed E-state index contributed by atoms with van der Waals surface area (Å²) in [5.74, 6) is 1.12. The molecule has 1 saturated heterocycles. The molecule has 1 amide bonds. The zero-order chi connectivity index (χ0) is 23.3. The Morgan fingerprint density at radius 2 is 1.94 bits per heavy atom. The molecule has 33 heavy (non-hydrogen) atoms. The molecule has 0 aliphatic carbocycles. The van der Waals surface area contributed by atoms with Crippen molar-refractivity contribution >= 4 is 39.2 Å². The molecule has 5 rings (SSSR count). The Morgan fingerprint density at radius 3 is 2.67 bits per heavy atom. The lowest BCUT2D eigenvalue weighted by atomic mass is 10.0. The summed E-state index contributed by atoms with van der Waals surface area (Å²) in [6.45, 7) is 5.35. The van der Waals surface area contributed by atoms with Crippen molar-refractivity contribution in [2.24, 2.45) is 0 Å². The fourth-order valence-electron chi connectivity index (χ4n) is 4.28. The molecule has 0 spiro atoms. The van der Waals surface area contributed by atoms with E-state index in [1.807, 2.05) is 15.9 Å². The van der Waals surface area contributed by atoms with E-state index in [1.165, 1.54) is 6.92 Å². The fraction of sp³-hybridized carbons (Fsp3) is 0.476. The van der Waals surface area contributed by atoms with E-state index in [-0.39, 0.29) is 36.8 Å². The van der Waals surface area contributed by atoms with Crippen molar-refractivity contribution in [1.82, 2.24) is 25.3 Å². The van der Waals surface area contributed by atoms with E-state index in [2.05, 4.69) is 22.2 Å². The highest BCUT2D eigenvalue weighted by atomic mass is 32.1. The van der Waals surface area contributed by atoms with E-state index in [0.717, 1.165) is 21.5 Å². The van der Waals surface area contributed by atoms with Gasteiger partial charge in [-0.1, -0.05) is 6.92 Å². The molecule has 0 unspecified atom stereocenters. The Labute approximate surface area is 191 Å². The van der Waals surface area contributed by atoms with Crippen LogP contribution in [0, 0.1) is 6.92 Å². The fourth-order valence-corrected chi connectivity index (χ4v) is 5.24. The molecule has 0 atom stereocenters. The van der Waals surface area contributed by atoms with Gasteiger partial charge in [-0.15, -0.1) is 11.3 Å². The van der Waals surface area contributed by atoms with Crippen molar-refractivity contribution in [1.29, 1.82) is 0 Å². The van der Waals surface area contributed by atoms with Gasteiger partial charge in [0.25, 0.3) is 0 Å². The lowest BCUT2D eigenvalue weighted by Crippen LogP contribution is -2.48. The monoisotopic (exact) mass is 477 g/mol. The average Bonchev–Trinajstić information content (AvgIpc) is 3.20.